The van der Waals surface area contributed by atoms with Gasteiger partial charge in [-0.25, -0.2) is 9.59 Å². The van der Waals surface area contributed by atoms with E-state index in [2.05, 4.69) is 0 Å². The molecule has 1 aromatic heterocycles. The number of amides is 2. The third-order valence-electron chi connectivity index (χ3n) is 3.56. The van der Waals surface area contributed by atoms with Crippen LogP contribution in [0.25, 0.3) is 0 Å². The van der Waals surface area contributed by atoms with Crippen molar-refractivity contribution in [1.29, 1.82) is 0 Å². The Kier molecular flexibility index (Phi) is 4.65. The first-order valence-electron chi connectivity index (χ1n) is 6.83. The zero-order valence-electron chi connectivity index (χ0n) is 11.8. The van der Waals surface area contributed by atoms with Crippen LogP contribution in [0.4, 0.5) is 4.79 Å². The van der Waals surface area contributed by atoms with Crippen molar-refractivity contribution in [3.05, 3.63) is 22.4 Å². The SMILES string of the molecule is CC(C)N(Cc1cccs1)C(=O)N1CCC[C@@H]1C(=O)O. The van der Waals surface area contributed by atoms with E-state index in [1.165, 1.54) is 4.90 Å². The molecule has 20 heavy (non-hydrogen) atoms. The van der Waals surface area contributed by atoms with Crippen LogP contribution < -0.4 is 0 Å². The summed E-state index contributed by atoms with van der Waals surface area (Å²) in [5.41, 5.74) is 0. The molecule has 2 amide bonds. The number of hydrogen-bond donors (Lipinski definition) is 1. The summed E-state index contributed by atoms with van der Waals surface area (Å²) in [5.74, 6) is -0.907. The van der Waals surface area contributed by atoms with Crippen molar-refractivity contribution in [3.63, 3.8) is 0 Å². The number of thiophene rings is 1. The highest BCUT2D eigenvalue weighted by Gasteiger charge is 2.36. The lowest BCUT2D eigenvalue weighted by atomic mass is 10.2. The number of carbonyl (C=O) groups is 2. The number of carboxylic acids is 1. The van der Waals surface area contributed by atoms with E-state index in [1.807, 2.05) is 31.4 Å². The lowest BCUT2D eigenvalue weighted by Gasteiger charge is -2.32. The summed E-state index contributed by atoms with van der Waals surface area (Å²) in [6, 6.07) is 3.15. The van der Waals surface area contributed by atoms with E-state index < -0.39 is 12.0 Å². The molecule has 1 atom stereocenters. The average molecular weight is 296 g/mol. The summed E-state index contributed by atoms with van der Waals surface area (Å²) in [6.07, 6.45) is 1.31. The van der Waals surface area contributed by atoms with E-state index in [1.54, 1.807) is 16.2 Å². The molecular formula is C14H20N2O3S. The van der Waals surface area contributed by atoms with Crippen LogP contribution in [0.1, 0.15) is 31.6 Å². The number of rotatable bonds is 4. The fraction of sp³-hybridized carbons (Fsp3) is 0.571. The summed E-state index contributed by atoms with van der Waals surface area (Å²) in [7, 11) is 0. The third-order valence-corrected chi connectivity index (χ3v) is 4.42. The topological polar surface area (TPSA) is 60.9 Å². The van der Waals surface area contributed by atoms with Gasteiger partial charge >= 0.3 is 12.0 Å². The molecule has 0 bridgehead atoms. The normalized spacial score (nSPS) is 18.6. The Morgan fingerprint density at radius 3 is 2.85 bits per heavy atom. The van der Waals surface area contributed by atoms with Crippen molar-refractivity contribution in [2.45, 2.75) is 45.3 Å². The number of carboxylic acid groups (broad SMARTS) is 1. The third kappa shape index (κ3) is 3.12. The summed E-state index contributed by atoms with van der Waals surface area (Å²) < 4.78 is 0. The van der Waals surface area contributed by atoms with Gasteiger partial charge in [-0.1, -0.05) is 6.07 Å². The van der Waals surface area contributed by atoms with Gasteiger partial charge in [-0.3, -0.25) is 0 Å². The van der Waals surface area contributed by atoms with Gasteiger partial charge in [-0.2, -0.15) is 0 Å². The predicted molar refractivity (Wildman–Crippen MR) is 77.8 cm³/mol. The van der Waals surface area contributed by atoms with Gasteiger partial charge in [-0.05, 0) is 38.1 Å². The Morgan fingerprint density at radius 2 is 2.30 bits per heavy atom. The van der Waals surface area contributed by atoms with Crippen LogP contribution >= 0.6 is 11.3 Å². The number of carbonyl (C=O) groups excluding carboxylic acids is 1. The van der Waals surface area contributed by atoms with E-state index in [0.717, 1.165) is 11.3 Å². The second-order valence-electron chi connectivity index (χ2n) is 5.27. The van der Waals surface area contributed by atoms with E-state index in [-0.39, 0.29) is 12.1 Å². The van der Waals surface area contributed by atoms with Crippen molar-refractivity contribution >= 4 is 23.3 Å². The van der Waals surface area contributed by atoms with Gasteiger partial charge in [0.2, 0.25) is 0 Å². The highest BCUT2D eigenvalue weighted by Crippen LogP contribution is 2.22. The van der Waals surface area contributed by atoms with Crippen molar-refractivity contribution < 1.29 is 14.7 Å². The molecule has 0 saturated carbocycles. The second-order valence-corrected chi connectivity index (χ2v) is 6.31. The maximum Gasteiger partial charge on any atom is 0.326 e. The summed E-state index contributed by atoms with van der Waals surface area (Å²) in [6.45, 7) is 4.98. The highest BCUT2D eigenvalue weighted by molar-refractivity contribution is 7.09. The molecule has 2 rings (SSSR count). The molecule has 2 heterocycles. The molecule has 1 N–H and O–H groups in total. The van der Waals surface area contributed by atoms with E-state index >= 15 is 0 Å². The predicted octanol–water partition coefficient (Wildman–Crippen LogP) is 2.63. The van der Waals surface area contributed by atoms with Crippen LogP contribution in [0.3, 0.4) is 0 Å². The van der Waals surface area contributed by atoms with Crippen LogP contribution in [-0.2, 0) is 11.3 Å². The van der Waals surface area contributed by atoms with E-state index in [9.17, 15) is 14.7 Å². The average Bonchev–Trinajstić information content (AvgIpc) is 3.05. The molecule has 0 aromatic carbocycles. The number of urea groups is 1. The molecule has 1 aliphatic heterocycles. The van der Waals surface area contributed by atoms with Crippen LogP contribution in [0, 0.1) is 0 Å². The van der Waals surface area contributed by atoms with E-state index in [4.69, 9.17) is 0 Å². The first-order valence-corrected chi connectivity index (χ1v) is 7.71. The van der Waals surface area contributed by atoms with Gasteiger partial charge in [-0.15, -0.1) is 11.3 Å². The van der Waals surface area contributed by atoms with Crippen molar-refractivity contribution in [3.8, 4) is 0 Å². The van der Waals surface area contributed by atoms with Gasteiger partial charge in [0.15, 0.2) is 0 Å². The highest BCUT2D eigenvalue weighted by atomic mass is 32.1. The Bertz CT molecular complexity index is 473. The first-order chi connectivity index (χ1) is 9.50. The quantitative estimate of drug-likeness (QED) is 0.929. The molecule has 110 valence electrons. The molecule has 1 saturated heterocycles. The minimum Gasteiger partial charge on any atom is -0.480 e. The molecule has 0 spiro atoms. The molecule has 5 nitrogen and oxygen atoms in total. The molecule has 0 aliphatic carbocycles. The summed E-state index contributed by atoms with van der Waals surface area (Å²) >= 11 is 1.61. The van der Waals surface area contributed by atoms with Gasteiger partial charge in [0, 0.05) is 17.5 Å². The molecule has 0 unspecified atom stereocenters. The Hall–Kier alpha value is -1.56. The number of hydrogen-bond acceptors (Lipinski definition) is 3. The van der Waals surface area contributed by atoms with Gasteiger partial charge in [0.05, 0.1) is 6.54 Å². The smallest absolute Gasteiger partial charge is 0.326 e. The minimum atomic E-state index is -0.907. The van der Waals surface area contributed by atoms with E-state index in [0.29, 0.717) is 19.5 Å². The lowest BCUT2D eigenvalue weighted by molar-refractivity contribution is -0.141. The fourth-order valence-corrected chi connectivity index (χ4v) is 3.16. The van der Waals surface area contributed by atoms with Gasteiger partial charge in [0.1, 0.15) is 6.04 Å². The zero-order chi connectivity index (χ0) is 14.7. The Labute approximate surface area is 122 Å². The number of nitrogens with zero attached hydrogens (tertiary/aromatic N) is 2. The maximum absolute atomic E-state index is 12.6. The second kappa shape index (κ2) is 6.26. The molecule has 1 aromatic rings. The largest absolute Gasteiger partial charge is 0.480 e. The van der Waals surface area contributed by atoms with Crippen molar-refractivity contribution in [2.75, 3.05) is 6.54 Å². The van der Waals surface area contributed by atoms with Crippen LogP contribution in [0.15, 0.2) is 17.5 Å². The molecule has 1 fully saturated rings. The standard InChI is InChI=1S/C14H20N2O3S/c1-10(2)16(9-11-5-4-8-20-11)14(19)15-7-3-6-12(15)13(17)18/h4-5,8,10,12H,3,6-7,9H2,1-2H3,(H,17,18)/t12-/m1/s1. The van der Waals surface area contributed by atoms with Crippen molar-refractivity contribution in [2.24, 2.45) is 0 Å². The minimum absolute atomic E-state index is 0.0413. The first kappa shape index (κ1) is 14.8. The summed E-state index contributed by atoms with van der Waals surface area (Å²) in [4.78, 5) is 28.2. The van der Waals surface area contributed by atoms with Gasteiger partial charge in [0.25, 0.3) is 0 Å². The van der Waals surface area contributed by atoms with Crippen molar-refractivity contribution in [1.82, 2.24) is 9.80 Å². The molecule has 1 aliphatic rings. The molecule has 6 heteroatoms. The zero-order valence-corrected chi connectivity index (χ0v) is 12.6. The van der Waals surface area contributed by atoms with Crippen LogP contribution in [0.5, 0.6) is 0 Å². The molecular weight excluding hydrogens is 276 g/mol. The Morgan fingerprint density at radius 1 is 1.55 bits per heavy atom. The number of likely N-dealkylation sites (tertiary alicyclic amines) is 1. The number of aliphatic carboxylic acids is 1. The monoisotopic (exact) mass is 296 g/mol. The Balaban J connectivity index is 2.12. The fourth-order valence-electron chi connectivity index (χ4n) is 2.46. The van der Waals surface area contributed by atoms with Crippen LogP contribution in [0.2, 0.25) is 0 Å². The summed E-state index contributed by atoms with van der Waals surface area (Å²) in [5, 5.41) is 11.2. The van der Waals surface area contributed by atoms with Crippen LogP contribution in [-0.4, -0.2) is 45.5 Å². The maximum atomic E-state index is 12.6. The molecule has 0 radical (unpaired) electrons. The lowest BCUT2D eigenvalue weighted by Crippen LogP contribution is -2.49. The van der Waals surface area contributed by atoms with Gasteiger partial charge < -0.3 is 14.9 Å².